The number of nitrogens with zero attached hydrogens (tertiary/aromatic N) is 1. The molecular formula is C18H20N2O3. The number of amides is 1. The van der Waals surface area contributed by atoms with Crippen LogP contribution in [-0.4, -0.2) is 31.7 Å². The summed E-state index contributed by atoms with van der Waals surface area (Å²) in [6.45, 7) is 0.615. The predicted molar refractivity (Wildman–Crippen MR) is 87.0 cm³/mol. The fourth-order valence-corrected chi connectivity index (χ4v) is 2.74. The molecule has 120 valence electrons. The Morgan fingerprint density at radius 2 is 1.83 bits per heavy atom. The van der Waals surface area contributed by atoms with Crippen LogP contribution in [0.2, 0.25) is 0 Å². The van der Waals surface area contributed by atoms with Crippen LogP contribution < -0.4 is 14.8 Å². The van der Waals surface area contributed by atoms with E-state index in [1.54, 1.807) is 38.7 Å². The molecule has 1 aromatic heterocycles. The average molecular weight is 312 g/mol. The summed E-state index contributed by atoms with van der Waals surface area (Å²) < 4.78 is 10.7. The number of carbonyl (C=O) groups excluding carboxylic acids is 1. The van der Waals surface area contributed by atoms with Crippen LogP contribution in [0.15, 0.2) is 42.7 Å². The Morgan fingerprint density at radius 3 is 2.43 bits per heavy atom. The fraction of sp³-hybridized carbons (Fsp3) is 0.333. The van der Waals surface area contributed by atoms with Crippen LogP contribution in [0, 0.1) is 0 Å². The number of ether oxygens (including phenoxy) is 2. The summed E-state index contributed by atoms with van der Waals surface area (Å²) in [5, 5.41) is 3.03. The Kier molecular flexibility index (Phi) is 4.19. The smallest absolute Gasteiger partial charge is 0.251 e. The van der Waals surface area contributed by atoms with E-state index in [-0.39, 0.29) is 11.3 Å². The van der Waals surface area contributed by atoms with Gasteiger partial charge in [-0.3, -0.25) is 9.78 Å². The lowest BCUT2D eigenvalue weighted by molar-refractivity contribution is 0.0949. The summed E-state index contributed by atoms with van der Waals surface area (Å²) in [7, 11) is 3.26. The Bertz CT molecular complexity index is 697. The molecule has 1 aromatic carbocycles. The monoisotopic (exact) mass is 312 g/mol. The highest BCUT2D eigenvalue weighted by Crippen LogP contribution is 2.49. The number of nitrogens with one attached hydrogen (secondary N) is 1. The van der Waals surface area contributed by atoms with Gasteiger partial charge in [0, 0.05) is 29.9 Å². The molecule has 0 aliphatic heterocycles. The summed E-state index contributed by atoms with van der Waals surface area (Å²) in [6, 6.07) is 9.40. The molecule has 1 aliphatic carbocycles. The molecule has 23 heavy (non-hydrogen) atoms. The number of pyridine rings is 1. The van der Waals surface area contributed by atoms with Gasteiger partial charge in [-0.25, -0.2) is 0 Å². The van der Waals surface area contributed by atoms with Crippen LogP contribution in [0.3, 0.4) is 0 Å². The van der Waals surface area contributed by atoms with Crippen LogP contribution in [0.1, 0.15) is 28.8 Å². The topological polar surface area (TPSA) is 60.5 Å². The number of benzene rings is 1. The third kappa shape index (κ3) is 3.13. The minimum absolute atomic E-state index is 0.00222. The van der Waals surface area contributed by atoms with Crippen molar-refractivity contribution in [3.05, 3.63) is 53.9 Å². The Hall–Kier alpha value is -2.56. The van der Waals surface area contributed by atoms with Crippen molar-refractivity contribution in [2.45, 2.75) is 18.3 Å². The lowest BCUT2D eigenvalue weighted by atomic mass is 9.95. The van der Waals surface area contributed by atoms with Gasteiger partial charge in [0.1, 0.15) is 0 Å². The maximum atomic E-state index is 12.2. The molecule has 1 heterocycles. The SMILES string of the molecule is COc1ccc(C2(CNC(=O)c3ccncc3)CC2)cc1OC. The summed E-state index contributed by atoms with van der Waals surface area (Å²) >= 11 is 0. The molecule has 1 fully saturated rings. The molecule has 0 radical (unpaired) electrons. The van der Waals surface area contributed by atoms with Crippen LogP contribution in [-0.2, 0) is 5.41 Å². The summed E-state index contributed by atoms with van der Waals surface area (Å²) in [5.41, 5.74) is 1.80. The van der Waals surface area contributed by atoms with E-state index in [0.717, 1.165) is 18.6 Å². The maximum absolute atomic E-state index is 12.2. The molecule has 0 bridgehead atoms. The van der Waals surface area contributed by atoms with Gasteiger partial charge in [0.25, 0.3) is 5.91 Å². The predicted octanol–water partition coefficient (Wildman–Crippen LogP) is 2.56. The molecular weight excluding hydrogens is 292 g/mol. The molecule has 3 rings (SSSR count). The molecule has 1 amide bonds. The summed E-state index contributed by atoms with van der Waals surface area (Å²) in [4.78, 5) is 16.1. The molecule has 0 saturated heterocycles. The third-order valence-electron chi connectivity index (χ3n) is 4.38. The molecule has 1 N–H and O–H groups in total. The van der Waals surface area contributed by atoms with Gasteiger partial charge in [-0.05, 0) is 42.7 Å². The third-order valence-corrected chi connectivity index (χ3v) is 4.38. The zero-order valence-corrected chi connectivity index (χ0v) is 13.3. The van der Waals surface area contributed by atoms with Crippen molar-refractivity contribution in [3.8, 4) is 11.5 Å². The first-order chi connectivity index (χ1) is 11.2. The van der Waals surface area contributed by atoms with E-state index in [4.69, 9.17) is 9.47 Å². The standard InChI is InChI=1S/C18H20N2O3/c1-22-15-4-3-14(11-16(15)23-2)18(7-8-18)12-20-17(21)13-5-9-19-10-6-13/h3-6,9-11H,7-8,12H2,1-2H3,(H,20,21). The lowest BCUT2D eigenvalue weighted by Gasteiger charge is -2.18. The van der Waals surface area contributed by atoms with Gasteiger partial charge in [-0.1, -0.05) is 6.07 Å². The van der Waals surface area contributed by atoms with E-state index in [1.165, 1.54) is 5.56 Å². The average Bonchev–Trinajstić information content (AvgIpc) is 3.41. The summed E-state index contributed by atoms with van der Waals surface area (Å²) in [6.07, 6.45) is 5.35. The maximum Gasteiger partial charge on any atom is 0.251 e. The van der Waals surface area contributed by atoms with Gasteiger partial charge in [0.2, 0.25) is 0 Å². The second-order valence-corrected chi connectivity index (χ2v) is 5.77. The zero-order chi connectivity index (χ0) is 16.3. The highest BCUT2D eigenvalue weighted by atomic mass is 16.5. The lowest BCUT2D eigenvalue weighted by Crippen LogP contribution is -2.32. The Balaban J connectivity index is 1.72. The van der Waals surface area contributed by atoms with Crippen molar-refractivity contribution in [2.75, 3.05) is 20.8 Å². The second kappa shape index (κ2) is 6.28. The first-order valence-electron chi connectivity index (χ1n) is 7.59. The molecule has 1 aliphatic rings. The molecule has 0 atom stereocenters. The molecule has 5 heteroatoms. The molecule has 1 saturated carbocycles. The quantitative estimate of drug-likeness (QED) is 0.890. The van der Waals surface area contributed by atoms with E-state index < -0.39 is 0 Å². The van der Waals surface area contributed by atoms with Crippen LogP contribution in [0.25, 0.3) is 0 Å². The fourth-order valence-electron chi connectivity index (χ4n) is 2.74. The van der Waals surface area contributed by atoms with E-state index in [0.29, 0.717) is 17.9 Å². The number of hydrogen-bond acceptors (Lipinski definition) is 4. The van der Waals surface area contributed by atoms with Crippen LogP contribution in [0.4, 0.5) is 0 Å². The normalized spacial score (nSPS) is 14.9. The van der Waals surface area contributed by atoms with E-state index in [2.05, 4.69) is 10.3 Å². The first-order valence-corrected chi connectivity index (χ1v) is 7.59. The van der Waals surface area contributed by atoms with Gasteiger partial charge < -0.3 is 14.8 Å². The van der Waals surface area contributed by atoms with Crippen molar-refractivity contribution in [1.29, 1.82) is 0 Å². The van der Waals surface area contributed by atoms with Crippen molar-refractivity contribution in [3.63, 3.8) is 0 Å². The second-order valence-electron chi connectivity index (χ2n) is 5.77. The number of methoxy groups -OCH3 is 2. The van der Waals surface area contributed by atoms with Crippen LogP contribution >= 0.6 is 0 Å². The van der Waals surface area contributed by atoms with Crippen molar-refractivity contribution in [2.24, 2.45) is 0 Å². The minimum atomic E-state index is -0.0702. The van der Waals surface area contributed by atoms with Crippen molar-refractivity contribution >= 4 is 5.91 Å². The number of aromatic nitrogens is 1. The summed E-state index contributed by atoms with van der Waals surface area (Å²) in [5.74, 6) is 1.36. The van der Waals surface area contributed by atoms with Gasteiger partial charge >= 0.3 is 0 Å². The Labute approximate surface area is 135 Å². The van der Waals surface area contributed by atoms with Gasteiger partial charge in [-0.2, -0.15) is 0 Å². The van der Waals surface area contributed by atoms with Crippen LogP contribution in [0.5, 0.6) is 11.5 Å². The van der Waals surface area contributed by atoms with Crippen molar-refractivity contribution < 1.29 is 14.3 Å². The minimum Gasteiger partial charge on any atom is -0.493 e. The first kappa shape index (κ1) is 15.3. The van der Waals surface area contributed by atoms with E-state index >= 15 is 0 Å². The van der Waals surface area contributed by atoms with Gasteiger partial charge in [0.05, 0.1) is 14.2 Å². The number of carbonyl (C=O) groups is 1. The van der Waals surface area contributed by atoms with E-state index in [1.807, 2.05) is 18.2 Å². The van der Waals surface area contributed by atoms with Crippen molar-refractivity contribution in [1.82, 2.24) is 10.3 Å². The Morgan fingerprint density at radius 1 is 1.13 bits per heavy atom. The molecule has 0 unspecified atom stereocenters. The van der Waals surface area contributed by atoms with Gasteiger partial charge in [0.15, 0.2) is 11.5 Å². The molecule has 2 aromatic rings. The number of rotatable bonds is 6. The van der Waals surface area contributed by atoms with E-state index in [9.17, 15) is 4.79 Å². The highest BCUT2D eigenvalue weighted by molar-refractivity contribution is 5.94. The molecule has 5 nitrogen and oxygen atoms in total. The largest absolute Gasteiger partial charge is 0.493 e. The van der Waals surface area contributed by atoms with Gasteiger partial charge in [-0.15, -0.1) is 0 Å². The zero-order valence-electron chi connectivity index (χ0n) is 13.3. The highest BCUT2D eigenvalue weighted by Gasteiger charge is 2.44. The molecule has 0 spiro atoms. The number of hydrogen-bond donors (Lipinski definition) is 1.